The van der Waals surface area contributed by atoms with E-state index in [9.17, 15) is 5.11 Å². The largest absolute Gasteiger partial charge is 0.506 e. The molecule has 0 saturated carbocycles. The molecule has 19 heavy (non-hydrogen) atoms. The van der Waals surface area contributed by atoms with Crippen LogP contribution in [0.25, 0.3) is 0 Å². The lowest BCUT2D eigenvalue weighted by atomic mass is 10.2. The first-order chi connectivity index (χ1) is 8.99. The van der Waals surface area contributed by atoms with Crippen LogP contribution in [0.2, 0.25) is 10.0 Å². The predicted octanol–water partition coefficient (Wildman–Crippen LogP) is 3.03. The minimum absolute atomic E-state index is 0.0708. The number of aromatic nitrogens is 2. The highest BCUT2D eigenvalue weighted by molar-refractivity contribution is 6.35. The number of benzene rings is 1. The van der Waals surface area contributed by atoms with Gasteiger partial charge < -0.3 is 10.4 Å². The van der Waals surface area contributed by atoms with Crippen molar-refractivity contribution in [2.75, 3.05) is 0 Å². The number of aryl methyl sites for hydroxylation is 1. The fourth-order valence-corrected chi connectivity index (χ4v) is 2.34. The molecule has 0 aliphatic heterocycles. The molecule has 2 rings (SSSR count). The molecule has 1 aromatic heterocycles. The van der Waals surface area contributed by atoms with E-state index < -0.39 is 0 Å². The summed E-state index contributed by atoms with van der Waals surface area (Å²) < 4.78 is 1.82. The second-order valence-electron chi connectivity index (χ2n) is 4.38. The van der Waals surface area contributed by atoms with Crippen molar-refractivity contribution in [2.45, 2.75) is 20.0 Å². The van der Waals surface area contributed by atoms with Gasteiger partial charge in [0.1, 0.15) is 5.75 Å². The maximum absolute atomic E-state index is 9.83. The minimum atomic E-state index is 0.0708. The standard InChI is InChI=1S/C13H15Cl2N3O/c1-8-10(7-17-18(8)2)6-16-5-9-3-11(14)4-12(15)13(9)19/h3-4,7,16,19H,5-6H2,1-2H3. The Bertz CT molecular complexity index is 596. The summed E-state index contributed by atoms with van der Waals surface area (Å²) in [6.45, 7) is 3.17. The van der Waals surface area contributed by atoms with E-state index in [4.69, 9.17) is 23.2 Å². The van der Waals surface area contributed by atoms with Crippen molar-refractivity contribution in [1.82, 2.24) is 15.1 Å². The van der Waals surface area contributed by atoms with Gasteiger partial charge in [-0.2, -0.15) is 5.10 Å². The minimum Gasteiger partial charge on any atom is -0.506 e. The van der Waals surface area contributed by atoms with Crippen LogP contribution in [0.5, 0.6) is 5.75 Å². The zero-order valence-electron chi connectivity index (χ0n) is 10.7. The topological polar surface area (TPSA) is 50.1 Å². The van der Waals surface area contributed by atoms with Crippen molar-refractivity contribution < 1.29 is 5.11 Å². The summed E-state index contributed by atoms with van der Waals surface area (Å²) in [6, 6.07) is 3.22. The number of hydrogen-bond acceptors (Lipinski definition) is 3. The highest BCUT2D eigenvalue weighted by Crippen LogP contribution is 2.31. The number of aromatic hydroxyl groups is 1. The van der Waals surface area contributed by atoms with Crippen LogP contribution in [0.4, 0.5) is 0 Å². The van der Waals surface area contributed by atoms with Crippen molar-refractivity contribution in [3.05, 3.63) is 45.2 Å². The molecule has 1 heterocycles. The zero-order chi connectivity index (χ0) is 14.0. The van der Waals surface area contributed by atoms with Crippen LogP contribution >= 0.6 is 23.2 Å². The summed E-state index contributed by atoms with van der Waals surface area (Å²) in [5.41, 5.74) is 2.91. The normalized spacial score (nSPS) is 10.9. The predicted molar refractivity (Wildman–Crippen MR) is 76.6 cm³/mol. The van der Waals surface area contributed by atoms with Crippen LogP contribution in [0.3, 0.4) is 0 Å². The first-order valence-corrected chi connectivity index (χ1v) is 6.59. The Morgan fingerprint density at radius 2 is 1.95 bits per heavy atom. The molecule has 0 atom stereocenters. The summed E-state index contributed by atoms with van der Waals surface area (Å²) in [7, 11) is 1.90. The summed E-state index contributed by atoms with van der Waals surface area (Å²) in [5, 5.41) is 18.0. The van der Waals surface area contributed by atoms with Gasteiger partial charge in [-0.1, -0.05) is 23.2 Å². The molecule has 2 N–H and O–H groups in total. The van der Waals surface area contributed by atoms with Crippen LogP contribution in [0.15, 0.2) is 18.3 Å². The van der Waals surface area contributed by atoms with Gasteiger partial charge in [0, 0.05) is 42.0 Å². The van der Waals surface area contributed by atoms with Crippen LogP contribution in [0.1, 0.15) is 16.8 Å². The number of nitrogens with one attached hydrogen (secondary N) is 1. The third-order valence-corrected chi connectivity index (χ3v) is 3.58. The lowest BCUT2D eigenvalue weighted by molar-refractivity contribution is 0.464. The van der Waals surface area contributed by atoms with Gasteiger partial charge in [0.05, 0.1) is 11.2 Å². The summed E-state index contributed by atoms with van der Waals surface area (Å²) in [4.78, 5) is 0. The molecule has 102 valence electrons. The van der Waals surface area contributed by atoms with E-state index in [1.165, 1.54) is 6.07 Å². The van der Waals surface area contributed by atoms with Crippen molar-refractivity contribution in [3.63, 3.8) is 0 Å². The molecule has 0 radical (unpaired) electrons. The van der Waals surface area contributed by atoms with E-state index in [-0.39, 0.29) is 10.8 Å². The average molecular weight is 300 g/mol. The highest BCUT2D eigenvalue weighted by Gasteiger charge is 2.08. The molecule has 4 nitrogen and oxygen atoms in total. The van der Waals surface area contributed by atoms with Gasteiger partial charge >= 0.3 is 0 Å². The summed E-state index contributed by atoms with van der Waals surface area (Å²) in [5.74, 6) is 0.0708. The van der Waals surface area contributed by atoms with Gasteiger partial charge in [0.25, 0.3) is 0 Å². The molecule has 0 amide bonds. The monoisotopic (exact) mass is 299 g/mol. The fourth-order valence-electron chi connectivity index (χ4n) is 1.80. The number of halogens is 2. The molecule has 0 saturated heterocycles. The Labute approximate surface area is 122 Å². The third-order valence-electron chi connectivity index (χ3n) is 3.07. The maximum Gasteiger partial charge on any atom is 0.138 e. The number of rotatable bonds is 4. The Morgan fingerprint density at radius 1 is 1.26 bits per heavy atom. The molecule has 6 heteroatoms. The summed E-state index contributed by atoms with van der Waals surface area (Å²) in [6.07, 6.45) is 1.83. The number of hydrogen-bond donors (Lipinski definition) is 2. The lowest BCUT2D eigenvalue weighted by Crippen LogP contribution is -2.13. The Hall–Kier alpha value is -1.23. The van der Waals surface area contributed by atoms with Crippen molar-refractivity contribution >= 4 is 23.2 Å². The van der Waals surface area contributed by atoms with Crippen LogP contribution in [-0.2, 0) is 20.1 Å². The van der Waals surface area contributed by atoms with Gasteiger partial charge in [-0.15, -0.1) is 0 Å². The second-order valence-corrected chi connectivity index (χ2v) is 5.22. The van der Waals surface area contributed by atoms with Gasteiger partial charge in [-0.3, -0.25) is 4.68 Å². The lowest BCUT2D eigenvalue weighted by Gasteiger charge is -2.08. The van der Waals surface area contributed by atoms with Crippen molar-refractivity contribution in [3.8, 4) is 5.75 Å². The van der Waals surface area contributed by atoms with E-state index in [0.29, 0.717) is 23.7 Å². The molecule has 2 aromatic rings. The van der Waals surface area contributed by atoms with Crippen molar-refractivity contribution in [1.29, 1.82) is 0 Å². The molecule has 0 fully saturated rings. The van der Waals surface area contributed by atoms with Gasteiger partial charge in [0.15, 0.2) is 0 Å². The third kappa shape index (κ3) is 3.21. The smallest absolute Gasteiger partial charge is 0.138 e. The number of nitrogens with zero attached hydrogens (tertiary/aromatic N) is 2. The van der Waals surface area contributed by atoms with Crippen LogP contribution in [0, 0.1) is 6.92 Å². The second kappa shape index (κ2) is 5.82. The number of phenolic OH excluding ortho intramolecular Hbond substituents is 1. The van der Waals surface area contributed by atoms with Crippen molar-refractivity contribution in [2.24, 2.45) is 7.05 Å². The molecular weight excluding hydrogens is 285 g/mol. The van der Waals surface area contributed by atoms with Crippen LogP contribution in [-0.4, -0.2) is 14.9 Å². The van der Waals surface area contributed by atoms with E-state index in [1.54, 1.807) is 6.07 Å². The molecule has 0 spiro atoms. The van der Waals surface area contributed by atoms with Crippen LogP contribution < -0.4 is 5.32 Å². The maximum atomic E-state index is 9.83. The zero-order valence-corrected chi connectivity index (χ0v) is 12.3. The van der Waals surface area contributed by atoms with Gasteiger partial charge in [-0.05, 0) is 19.1 Å². The van der Waals surface area contributed by atoms with Gasteiger partial charge in [0.2, 0.25) is 0 Å². The van der Waals surface area contributed by atoms with E-state index in [1.807, 2.05) is 24.9 Å². The Balaban J connectivity index is 2.02. The van der Waals surface area contributed by atoms with E-state index >= 15 is 0 Å². The Morgan fingerprint density at radius 3 is 2.58 bits per heavy atom. The fraction of sp³-hybridized carbons (Fsp3) is 0.308. The molecule has 1 aromatic carbocycles. The molecule has 0 unspecified atom stereocenters. The van der Waals surface area contributed by atoms with Gasteiger partial charge in [-0.25, -0.2) is 0 Å². The molecule has 0 aliphatic carbocycles. The van der Waals surface area contributed by atoms with E-state index in [2.05, 4.69) is 10.4 Å². The molecular formula is C13H15Cl2N3O. The first kappa shape index (κ1) is 14.2. The first-order valence-electron chi connectivity index (χ1n) is 5.84. The average Bonchev–Trinajstić information content (AvgIpc) is 2.67. The highest BCUT2D eigenvalue weighted by atomic mass is 35.5. The molecule has 0 aliphatic rings. The van der Waals surface area contributed by atoms with E-state index in [0.717, 1.165) is 11.3 Å². The summed E-state index contributed by atoms with van der Waals surface area (Å²) >= 11 is 11.8. The quantitative estimate of drug-likeness (QED) is 0.912. The Kier molecular flexibility index (Phi) is 4.34. The molecule has 0 bridgehead atoms. The SMILES string of the molecule is Cc1c(CNCc2cc(Cl)cc(Cl)c2O)cnn1C. The number of phenols is 1.